The van der Waals surface area contributed by atoms with Crippen LogP contribution in [-0.2, 0) is 19.4 Å². The number of nitrogens with zero attached hydrogens (tertiary/aromatic N) is 1. The number of hydrogen-bond donors (Lipinski definition) is 1. The second-order valence-corrected chi connectivity index (χ2v) is 12.0. The number of allylic oxidation sites excluding steroid dienone is 1. The molecule has 0 saturated heterocycles. The van der Waals surface area contributed by atoms with Crippen molar-refractivity contribution in [3.05, 3.63) is 112 Å². The van der Waals surface area contributed by atoms with Crippen LogP contribution in [-0.4, -0.2) is 11.4 Å². The summed E-state index contributed by atoms with van der Waals surface area (Å²) < 4.78 is 0. The highest BCUT2D eigenvalue weighted by Gasteiger charge is 2.34. The van der Waals surface area contributed by atoms with Gasteiger partial charge in [-0.2, -0.15) is 0 Å². The lowest BCUT2D eigenvalue weighted by Gasteiger charge is -2.35. The minimum Gasteiger partial charge on any atom is -0.398 e. The molecule has 0 saturated carbocycles. The van der Waals surface area contributed by atoms with Gasteiger partial charge in [0.15, 0.2) is 0 Å². The zero-order valence-electron chi connectivity index (χ0n) is 24.6. The summed E-state index contributed by atoms with van der Waals surface area (Å²) in [5.74, 6) is 0.194. The molecule has 0 radical (unpaired) electrons. The highest BCUT2D eigenvalue weighted by molar-refractivity contribution is 5.59. The Labute approximate surface area is 232 Å². The summed E-state index contributed by atoms with van der Waals surface area (Å²) >= 11 is 0. The van der Waals surface area contributed by atoms with Gasteiger partial charge in [0.2, 0.25) is 0 Å². The third-order valence-electron chi connectivity index (χ3n) is 8.87. The zero-order valence-corrected chi connectivity index (χ0v) is 24.6. The number of fused-ring (bicyclic) bond motifs is 1. The van der Waals surface area contributed by atoms with Gasteiger partial charge in [-0.15, -0.1) is 6.58 Å². The Morgan fingerprint density at radius 2 is 1.76 bits per heavy atom. The van der Waals surface area contributed by atoms with Gasteiger partial charge >= 0.3 is 0 Å². The third-order valence-corrected chi connectivity index (χ3v) is 8.87. The van der Waals surface area contributed by atoms with Gasteiger partial charge in [0.05, 0.1) is 0 Å². The van der Waals surface area contributed by atoms with E-state index in [4.69, 9.17) is 5.73 Å². The Bertz CT molecular complexity index is 1270. The van der Waals surface area contributed by atoms with Gasteiger partial charge in [-0.3, -0.25) is 4.90 Å². The first-order chi connectivity index (χ1) is 18.2. The maximum absolute atomic E-state index is 6.54. The molecule has 3 aromatic carbocycles. The van der Waals surface area contributed by atoms with Crippen molar-refractivity contribution in [2.24, 2.45) is 5.41 Å². The predicted octanol–water partition coefficient (Wildman–Crippen LogP) is 9.08. The van der Waals surface area contributed by atoms with Crippen molar-refractivity contribution in [2.45, 2.75) is 92.2 Å². The SMILES string of the molecule is C=CC(C)(C)C(c1ccc2c(c1)C(N(CCC)Cc1ccccc1CCC)CC2)c1ccc(C)c(N)c1C. The molecule has 0 spiro atoms. The molecule has 4 rings (SSSR count). The molecular formula is C36H48N2. The highest BCUT2D eigenvalue weighted by atomic mass is 15.2. The van der Waals surface area contributed by atoms with Crippen LogP contribution < -0.4 is 5.73 Å². The predicted molar refractivity (Wildman–Crippen MR) is 165 cm³/mol. The minimum absolute atomic E-state index is 0.114. The first-order valence-corrected chi connectivity index (χ1v) is 14.6. The molecule has 0 heterocycles. The lowest BCUT2D eigenvalue weighted by Crippen LogP contribution is -2.29. The average molecular weight is 509 g/mol. The smallest absolute Gasteiger partial charge is 0.0376 e. The summed E-state index contributed by atoms with van der Waals surface area (Å²) in [6.45, 7) is 19.9. The molecule has 1 aliphatic rings. The molecule has 0 amide bonds. The molecule has 202 valence electrons. The fraction of sp³-hybridized carbons (Fsp3) is 0.444. The Kier molecular flexibility index (Phi) is 8.83. The molecule has 2 heteroatoms. The van der Waals surface area contributed by atoms with Crippen molar-refractivity contribution in [3.8, 4) is 0 Å². The van der Waals surface area contributed by atoms with E-state index in [0.717, 1.165) is 43.6 Å². The van der Waals surface area contributed by atoms with Crippen molar-refractivity contribution >= 4 is 5.69 Å². The number of nitrogen functional groups attached to an aromatic ring is 1. The number of aryl methyl sites for hydroxylation is 3. The summed E-state index contributed by atoms with van der Waals surface area (Å²) in [6, 6.07) is 21.3. The monoisotopic (exact) mass is 508 g/mol. The summed E-state index contributed by atoms with van der Waals surface area (Å²) in [5, 5.41) is 0. The quantitative estimate of drug-likeness (QED) is 0.207. The number of benzene rings is 3. The van der Waals surface area contributed by atoms with Gasteiger partial charge in [-0.1, -0.05) is 94.8 Å². The maximum atomic E-state index is 6.54. The minimum atomic E-state index is -0.114. The Hall–Kier alpha value is -2.84. The van der Waals surface area contributed by atoms with Crippen LogP contribution in [0.15, 0.2) is 67.3 Å². The van der Waals surface area contributed by atoms with Crippen LogP contribution in [0.2, 0.25) is 0 Å². The van der Waals surface area contributed by atoms with E-state index in [0.29, 0.717) is 6.04 Å². The number of nitrogens with two attached hydrogens (primary N) is 1. The van der Waals surface area contributed by atoms with E-state index in [9.17, 15) is 0 Å². The van der Waals surface area contributed by atoms with Crippen LogP contribution in [0.5, 0.6) is 0 Å². The van der Waals surface area contributed by atoms with Gasteiger partial charge in [0, 0.05) is 24.2 Å². The normalized spacial score (nSPS) is 16.0. The van der Waals surface area contributed by atoms with E-state index in [1.807, 2.05) is 0 Å². The van der Waals surface area contributed by atoms with Crippen LogP contribution in [0.1, 0.15) is 103 Å². The lowest BCUT2D eigenvalue weighted by molar-refractivity contribution is 0.187. The van der Waals surface area contributed by atoms with Crippen LogP contribution in [0.4, 0.5) is 5.69 Å². The third kappa shape index (κ3) is 5.61. The van der Waals surface area contributed by atoms with E-state index >= 15 is 0 Å². The first-order valence-electron chi connectivity index (χ1n) is 14.6. The molecule has 2 N–H and O–H groups in total. The molecule has 2 unspecified atom stereocenters. The molecule has 0 aliphatic heterocycles. The Morgan fingerprint density at radius 3 is 2.45 bits per heavy atom. The fourth-order valence-electron chi connectivity index (χ4n) is 6.56. The van der Waals surface area contributed by atoms with Crippen LogP contribution in [0, 0.1) is 19.3 Å². The van der Waals surface area contributed by atoms with Crippen LogP contribution >= 0.6 is 0 Å². The summed E-state index contributed by atoms with van der Waals surface area (Å²) in [7, 11) is 0. The van der Waals surface area contributed by atoms with Gasteiger partial charge < -0.3 is 5.73 Å². The molecule has 3 aromatic rings. The van der Waals surface area contributed by atoms with Crippen molar-refractivity contribution in [2.75, 3.05) is 12.3 Å². The van der Waals surface area contributed by atoms with Crippen LogP contribution in [0.25, 0.3) is 0 Å². The lowest BCUT2D eigenvalue weighted by atomic mass is 9.69. The number of anilines is 1. The average Bonchev–Trinajstić information content (AvgIpc) is 3.33. The van der Waals surface area contributed by atoms with Gasteiger partial charge in [-0.05, 0) is 96.0 Å². The molecule has 0 fully saturated rings. The zero-order chi connectivity index (χ0) is 27.4. The Balaban J connectivity index is 1.76. The maximum Gasteiger partial charge on any atom is 0.0376 e. The van der Waals surface area contributed by atoms with E-state index in [1.54, 1.807) is 0 Å². The topological polar surface area (TPSA) is 29.3 Å². The number of rotatable bonds is 11. The molecule has 2 nitrogen and oxygen atoms in total. The molecule has 1 aliphatic carbocycles. The molecule has 0 aromatic heterocycles. The van der Waals surface area contributed by atoms with Crippen LogP contribution in [0.3, 0.4) is 0 Å². The van der Waals surface area contributed by atoms with Crippen molar-refractivity contribution in [1.29, 1.82) is 0 Å². The van der Waals surface area contributed by atoms with E-state index in [-0.39, 0.29) is 11.3 Å². The van der Waals surface area contributed by atoms with Crippen molar-refractivity contribution < 1.29 is 0 Å². The standard InChI is InChI=1S/C36H48N2/c1-8-13-27-14-11-12-15-30(27)24-38(22-9-2)33-21-19-28-17-18-29(23-32(28)33)34(36(6,7)10-3)31-20-16-25(4)35(37)26(31)5/h10-12,14-18,20,23,33-34H,3,8-9,13,19,21-22,24,37H2,1-2,4-7H3. The highest BCUT2D eigenvalue weighted by Crippen LogP contribution is 2.46. The summed E-state index contributed by atoms with van der Waals surface area (Å²) in [4.78, 5) is 2.74. The first kappa shape index (κ1) is 28.2. The van der Waals surface area contributed by atoms with E-state index in [2.05, 4.69) is 114 Å². The largest absolute Gasteiger partial charge is 0.398 e. The molecule has 38 heavy (non-hydrogen) atoms. The van der Waals surface area contributed by atoms with E-state index in [1.165, 1.54) is 51.8 Å². The molecule has 0 bridgehead atoms. The Morgan fingerprint density at radius 1 is 1.03 bits per heavy atom. The second kappa shape index (κ2) is 11.9. The molecular weight excluding hydrogens is 460 g/mol. The second-order valence-electron chi connectivity index (χ2n) is 12.0. The fourth-order valence-corrected chi connectivity index (χ4v) is 6.56. The van der Waals surface area contributed by atoms with Gasteiger partial charge in [0.1, 0.15) is 0 Å². The molecule has 2 atom stereocenters. The van der Waals surface area contributed by atoms with Crippen molar-refractivity contribution in [3.63, 3.8) is 0 Å². The summed E-state index contributed by atoms with van der Waals surface area (Å²) in [6.07, 6.45) is 7.97. The van der Waals surface area contributed by atoms with Gasteiger partial charge in [0.25, 0.3) is 0 Å². The van der Waals surface area contributed by atoms with Gasteiger partial charge in [-0.25, -0.2) is 0 Å². The summed E-state index contributed by atoms with van der Waals surface area (Å²) in [5.41, 5.74) is 18.4. The van der Waals surface area contributed by atoms with Crippen molar-refractivity contribution in [1.82, 2.24) is 4.90 Å². The van der Waals surface area contributed by atoms with E-state index < -0.39 is 0 Å². The number of hydrogen-bond acceptors (Lipinski definition) is 2.